The number of furan rings is 1. The lowest BCUT2D eigenvalue weighted by atomic mass is 9.86. The highest BCUT2D eigenvalue weighted by Crippen LogP contribution is 2.45. The Labute approximate surface area is 234 Å². The Morgan fingerprint density at radius 2 is 0.925 bits per heavy atom. The molecule has 0 fully saturated rings. The highest BCUT2D eigenvalue weighted by Gasteiger charge is 2.18. The first-order chi connectivity index (χ1) is 19.8. The van der Waals surface area contributed by atoms with Gasteiger partial charge in [0, 0.05) is 30.9 Å². The van der Waals surface area contributed by atoms with Crippen LogP contribution < -0.4 is 0 Å². The lowest BCUT2D eigenvalue weighted by molar-refractivity contribution is 0.669. The number of benzene rings is 7. The predicted molar refractivity (Wildman–Crippen MR) is 172 cm³/mol. The minimum atomic E-state index is 0.926. The molecule has 0 N–H and O–H groups in total. The van der Waals surface area contributed by atoms with Crippen molar-refractivity contribution in [3.8, 4) is 22.3 Å². The molecule has 0 aliphatic carbocycles. The van der Waals surface area contributed by atoms with Gasteiger partial charge in [0.15, 0.2) is 0 Å². The van der Waals surface area contributed by atoms with Crippen molar-refractivity contribution in [1.29, 1.82) is 0 Å². The maximum Gasteiger partial charge on any atom is 0.136 e. The molecular formula is C38H22OS. The molecule has 0 saturated carbocycles. The van der Waals surface area contributed by atoms with Crippen LogP contribution >= 0.6 is 11.3 Å². The van der Waals surface area contributed by atoms with Gasteiger partial charge < -0.3 is 4.42 Å². The maximum atomic E-state index is 6.41. The average Bonchev–Trinajstić information content (AvgIpc) is 3.55. The van der Waals surface area contributed by atoms with E-state index in [0.29, 0.717) is 0 Å². The molecule has 0 bridgehead atoms. The van der Waals surface area contributed by atoms with Crippen LogP contribution in [0.5, 0.6) is 0 Å². The topological polar surface area (TPSA) is 13.1 Å². The lowest BCUT2D eigenvalue weighted by Gasteiger charge is -2.17. The van der Waals surface area contributed by atoms with Crippen molar-refractivity contribution >= 4 is 75.0 Å². The number of thiophene rings is 1. The third-order valence-electron chi connectivity index (χ3n) is 8.25. The quantitative estimate of drug-likeness (QED) is 0.204. The van der Waals surface area contributed by atoms with E-state index in [1.807, 2.05) is 11.3 Å². The van der Waals surface area contributed by atoms with Gasteiger partial charge in [-0.05, 0) is 74.1 Å². The summed E-state index contributed by atoms with van der Waals surface area (Å²) < 4.78 is 8.98. The van der Waals surface area contributed by atoms with Gasteiger partial charge in [0.1, 0.15) is 11.2 Å². The summed E-state index contributed by atoms with van der Waals surface area (Å²) in [5.74, 6) is 0. The molecule has 0 radical (unpaired) electrons. The second-order valence-corrected chi connectivity index (χ2v) is 11.5. The van der Waals surface area contributed by atoms with Crippen LogP contribution in [-0.4, -0.2) is 0 Å². The van der Waals surface area contributed by atoms with Crippen LogP contribution in [0.25, 0.3) is 85.9 Å². The third-order valence-corrected chi connectivity index (χ3v) is 9.38. The fraction of sp³-hybridized carbons (Fsp3) is 0. The summed E-state index contributed by atoms with van der Waals surface area (Å²) in [7, 11) is 0. The molecule has 1 nitrogen and oxygen atoms in total. The molecule has 0 unspecified atom stereocenters. The van der Waals surface area contributed by atoms with E-state index >= 15 is 0 Å². The van der Waals surface area contributed by atoms with E-state index in [4.69, 9.17) is 4.42 Å². The van der Waals surface area contributed by atoms with Crippen molar-refractivity contribution in [1.82, 2.24) is 0 Å². The van der Waals surface area contributed by atoms with Crippen LogP contribution in [0.3, 0.4) is 0 Å². The zero-order valence-electron chi connectivity index (χ0n) is 21.5. The average molecular weight is 527 g/mol. The zero-order chi connectivity index (χ0) is 26.2. The Kier molecular flexibility index (Phi) is 4.55. The van der Waals surface area contributed by atoms with Crippen LogP contribution in [0, 0.1) is 0 Å². The van der Waals surface area contributed by atoms with Crippen molar-refractivity contribution in [2.75, 3.05) is 0 Å². The molecule has 2 aromatic heterocycles. The van der Waals surface area contributed by atoms with Gasteiger partial charge in [-0.25, -0.2) is 0 Å². The molecule has 0 aliphatic rings. The first-order valence-corrected chi connectivity index (χ1v) is 14.4. The first kappa shape index (κ1) is 22.0. The van der Waals surface area contributed by atoms with Crippen LogP contribution in [0.2, 0.25) is 0 Å². The standard InChI is InChI=1S/C38H22OS/c1-2-10-23(11-3-1)37-26-13-4-6-15-28(26)38(29-16-7-5-14-27(29)37)24-18-19-33-30(20-24)31-21-32-25-12-8-9-17-35(25)40-36(32)22-34(31)39-33/h1-22H. The maximum absolute atomic E-state index is 6.41. The second kappa shape index (κ2) is 8.29. The molecule has 0 aliphatic heterocycles. The third kappa shape index (κ3) is 3.08. The Morgan fingerprint density at radius 3 is 1.62 bits per heavy atom. The normalized spacial score (nSPS) is 12.0. The summed E-state index contributed by atoms with van der Waals surface area (Å²) in [5, 5.41) is 9.99. The Balaban J connectivity index is 1.37. The fourth-order valence-electron chi connectivity index (χ4n) is 6.51. The SMILES string of the molecule is c1ccc(-c2c3ccccc3c(-c3ccc4oc5cc6sc7ccccc7c6cc5c4c3)c3ccccc23)cc1. The highest BCUT2D eigenvalue weighted by molar-refractivity contribution is 7.25. The number of fused-ring (bicyclic) bond motifs is 8. The van der Waals surface area contributed by atoms with E-state index in [2.05, 4.69) is 133 Å². The largest absolute Gasteiger partial charge is 0.456 e. The number of rotatable bonds is 2. The molecule has 0 atom stereocenters. The van der Waals surface area contributed by atoms with Crippen molar-refractivity contribution in [2.24, 2.45) is 0 Å². The first-order valence-electron chi connectivity index (χ1n) is 13.6. The molecule has 9 aromatic rings. The molecule has 7 aromatic carbocycles. The molecule has 2 heterocycles. The van der Waals surface area contributed by atoms with Gasteiger partial charge in [-0.2, -0.15) is 0 Å². The predicted octanol–water partition coefficient (Wildman–Crippen LogP) is 11.6. The van der Waals surface area contributed by atoms with Gasteiger partial charge in [-0.15, -0.1) is 11.3 Å². The molecule has 0 spiro atoms. The number of hydrogen-bond acceptors (Lipinski definition) is 2. The van der Waals surface area contributed by atoms with Gasteiger partial charge in [-0.3, -0.25) is 0 Å². The van der Waals surface area contributed by atoms with Crippen LogP contribution in [0.4, 0.5) is 0 Å². The zero-order valence-corrected chi connectivity index (χ0v) is 22.3. The molecule has 40 heavy (non-hydrogen) atoms. The summed E-state index contributed by atoms with van der Waals surface area (Å²) in [5.41, 5.74) is 6.87. The summed E-state index contributed by atoms with van der Waals surface area (Å²) in [4.78, 5) is 0. The van der Waals surface area contributed by atoms with E-state index in [1.54, 1.807) is 0 Å². The number of hydrogen-bond donors (Lipinski definition) is 0. The van der Waals surface area contributed by atoms with E-state index in [-0.39, 0.29) is 0 Å². The van der Waals surface area contributed by atoms with Gasteiger partial charge in [0.05, 0.1) is 0 Å². The second-order valence-electron chi connectivity index (χ2n) is 10.5. The summed E-state index contributed by atoms with van der Waals surface area (Å²) in [6.07, 6.45) is 0. The lowest BCUT2D eigenvalue weighted by Crippen LogP contribution is -1.90. The fourth-order valence-corrected chi connectivity index (χ4v) is 7.62. The van der Waals surface area contributed by atoms with Crippen molar-refractivity contribution in [3.05, 3.63) is 133 Å². The van der Waals surface area contributed by atoms with Gasteiger partial charge in [-0.1, -0.05) is 103 Å². The minimum absolute atomic E-state index is 0.926. The van der Waals surface area contributed by atoms with Crippen molar-refractivity contribution < 1.29 is 4.42 Å². The Morgan fingerprint density at radius 1 is 0.350 bits per heavy atom. The van der Waals surface area contributed by atoms with E-state index in [9.17, 15) is 0 Å². The van der Waals surface area contributed by atoms with E-state index in [0.717, 1.165) is 16.6 Å². The van der Waals surface area contributed by atoms with E-state index in [1.165, 1.54) is 69.4 Å². The molecule has 0 amide bonds. The van der Waals surface area contributed by atoms with E-state index < -0.39 is 0 Å². The van der Waals surface area contributed by atoms with Crippen molar-refractivity contribution in [2.45, 2.75) is 0 Å². The van der Waals surface area contributed by atoms with Crippen LogP contribution in [0.1, 0.15) is 0 Å². The van der Waals surface area contributed by atoms with Crippen LogP contribution in [-0.2, 0) is 0 Å². The van der Waals surface area contributed by atoms with Crippen LogP contribution in [0.15, 0.2) is 138 Å². The molecule has 2 heteroatoms. The Bertz CT molecular complexity index is 2370. The summed E-state index contributed by atoms with van der Waals surface area (Å²) in [6.45, 7) is 0. The van der Waals surface area contributed by atoms with Gasteiger partial charge in [0.2, 0.25) is 0 Å². The molecule has 9 rings (SSSR count). The van der Waals surface area contributed by atoms with Crippen molar-refractivity contribution in [3.63, 3.8) is 0 Å². The Hall–Kier alpha value is -4.92. The highest BCUT2D eigenvalue weighted by atomic mass is 32.1. The molecular weight excluding hydrogens is 504 g/mol. The molecule has 186 valence electrons. The summed E-state index contributed by atoms with van der Waals surface area (Å²) in [6, 6.07) is 48.3. The smallest absolute Gasteiger partial charge is 0.136 e. The minimum Gasteiger partial charge on any atom is -0.456 e. The van der Waals surface area contributed by atoms with Gasteiger partial charge >= 0.3 is 0 Å². The summed E-state index contributed by atoms with van der Waals surface area (Å²) >= 11 is 1.83. The molecule has 0 saturated heterocycles. The van der Waals surface area contributed by atoms with Gasteiger partial charge in [0.25, 0.3) is 0 Å². The monoisotopic (exact) mass is 526 g/mol.